The Bertz CT molecular complexity index is 1410. The zero-order valence-electron chi connectivity index (χ0n) is 31.0. The second-order valence-corrected chi connectivity index (χ2v) is 12.7. The number of benzene rings is 1. The van der Waals surface area contributed by atoms with Crippen LogP contribution in [0.15, 0.2) is 93.2 Å². The summed E-state index contributed by atoms with van der Waals surface area (Å²) in [6.07, 6.45) is 7.35. The van der Waals surface area contributed by atoms with Crippen LogP contribution in [0, 0.1) is 23.6 Å². The summed E-state index contributed by atoms with van der Waals surface area (Å²) in [7, 11) is 1.60. The van der Waals surface area contributed by atoms with Gasteiger partial charge in [-0.15, -0.1) is 0 Å². The molecule has 2 rings (SSSR count). The number of hydrogen-bond acceptors (Lipinski definition) is 5. The van der Waals surface area contributed by atoms with Crippen LogP contribution in [0.25, 0.3) is 0 Å². The van der Waals surface area contributed by atoms with Gasteiger partial charge < -0.3 is 9.47 Å². The third-order valence-corrected chi connectivity index (χ3v) is 7.31. The molecular weight excluding hydrogens is 630 g/mol. The predicted molar refractivity (Wildman–Crippen MR) is 197 cm³/mol. The van der Waals surface area contributed by atoms with E-state index in [9.17, 15) is 13.2 Å². The first-order valence-electron chi connectivity index (χ1n) is 17.3. The van der Waals surface area contributed by atoms with Gasteiger partial charge in [0.05, 0.1) is 24.1 Å². The molecule has 1 aromatic rings. The summed E-state index contributed by atoms with van der Waals surface area (Å²) in [6.45, 7) is 23.7. The summed E-state index contributed by atoms with van der Waals surface area (Å²) in [5.74, 6) is 0.979. The molecule has 0 N–H and O–H groups in total. The van der Waals surface area contributed by atoms with E-state index in [4.69, 9.17) is 14.5 Å². The summed E-state index contributed by atoms with van der Waals surface area (Å²) in [5.41, 5.74) is 2.13. The van der Waals surface area contributed by atoms with E-state index >= 15 is 4.39 Å². The molecule has 0 spiro atoms. The van der Waals surface area contributed by atoms with E-state index in [0.717, 1.165) is 61.0 Å². The van der Waals surface area contributed by atoms with Crippen molar-refractivity contribution in [3.05, 3.63) is 95.1 Å². The molecule has 0 saturated heterocycles. The minimum absolute atomic E-state index is 0.00792. The lowest BCUT2D eigenvalue weighted by Crippen LogP contribution is -2.18. The fraction of sp³-hybridized carbons (Fsp3) is 0.525. The fourth-order valence-corrected chi connectivity index (χ4v) is 4.41. The maximum atomic E-state index is 15.2. The normalized spacial score (nSPS) is 15.7. The Hall–Kier alpha value is -3.75. The Morgan fingerprint density at radius 2 is 1.71 bits per heavy atom. The monoisotopic (exact) mass is 687 g/mol. The number of allylic oxidation sites excluding steroid dienone is 5. The molecule has 1 aliphatic carbocycles. The van der Waals surface area contributed by atoms with Gasteiger partial charge in [-0.1, -0.05) is 86.6 Å². The van der Waals surface area contributed by atoms with Crippen LogP contribution in [0.3, 0.4) is 0 Å². The standard InChI is InChI=1S/C36H47F4N3O2.C4H10/c1-9-13-20-42-35(44-8)33(26(7)28-16-17-28)31(14-10-2)41-21-19-25(6)45-23-27-15-18-29(30(37)22-27)34(24(5)11-3)43-32(12-4)36(38,39)40;1-4(2)3/h12,15,18-22,24,28H,6-7,9-11,13-14,16-17,23H2,1-5,8H3;4H,1-3H3/b21-19-,32-12-,35-33-,41-31-,42-20-,43-34?;. The number of halogens is 4. The summed E-state index contributed by atoms with van der Waals surface area (Å²) in [5, 5.41) is 0. The molecule has 1 fully saturated rings. The molecule has 0 radical (unpaired) electrons. The zero-order chi connectivity index (χ0) is 37.1. The molecule has 49 heavy (non-hydrogen) atoms. The Kier molecular flexibility index (Phi) is 19.5. The SMILES string of the molecule is C=C(\C=C/N=C(CCC)\C(C(=C)C1CC1)=C(\N=C/CCC)OC)OCc1ccc(C(=N/C(=C\C)C(F)(F)F)C(C)CC)c(F)c1.CC(C)C. The number of nitrogens with zero attached hydrogens (tertiary/aromatic N) is 3. The quantitative estimate of drug-likeness (QED) is 0.0667. The molecule has 0 heterocycles. The van der Waals surface area contributed by atoms with E-state index in [2.05, 4.69) is 57.8 Å². The predicted octanol–water partition coefficient (Wildman–Crippen LogP) is 12.3. The third-order valence-electron chi connectivity index (χ3n) is 7.31. The van der Waals surface area contributed by atoms with E-state index in [0.29, 0.717) is 36.0 Å². The average Bonchev–Trinajstić information content (AvgIpc) is 3.89. The lowest BCUT2D eigenvalue weighted by Gasteiger charge is -2.17. The lowest BCUT2D eigenvalue weighted by molar-refractivity contribution is -0.0924. The van der Waals surface area contributed by atoms with Crippen molar-refractivity contribution in [2.45, 2.75) is 113 Å². The van der Waals surface area contributed by atoms with Gasteiger partial charge in [0.1, 0.15) is 23.9 Å². The Balaban J connectivity index is 0.00000283. The van der Waals surface area contributed by atoms with Crippen LogP contribution in [-0.4, -0.2) is 30.9 Å². The van der Waals surface area contributed by atoms with E-state index in [1.54, 1.807) is 32.4 Å². The molecule has 0 aromatic heterocycles. The lowest BCUT2D eigenvalue weighted by atomic mass is 9.94. The summed E-state index contributed by atoms with van der Waals surface area (Å²) >= 11 is 0. The van der Waals surface area contributed by atoms with E-state index in [1.807, 2.05) is 13.1 Å². The number of unbranched alkanes of at least 4 members (excludes halogenated alkanes) is 1. The van der Waals surface area contributed by atoms with Gasteiger partial charge >= 0.3 is 6.18 Å². The van der Waals surface area contributed by atoms with Gasteiger partial charge in [-0.25, -0.2) is 14.4 Å². The topological polar surface area (TPSA) is 55.5 Å². The Morgan fingerprint density at radius 3 is 2.20 bits per heavy atom. The molecule has 0 bridgehead atoms. The van der Waals surface area contributed by atoms with Gasteiger partial charge in [-0.3, -0.25) is 4.99 Å². The molecule has 0 amide bonds. The number of methoxy groups -OCH3 is 1. The molecule has 9 heteroatoms. The summed E-state index contributed by atoms with van der Waals surface area (Å²) < 4.78 is 66.7. The van der Waals surface area contributed by atoms with Crippen LogP contribution in [0.2, 0.25) is 0 Å². The second-order valence-electron chi connectivity index (χ2n) is 12.7. The smallest absolute Gasteiger partial charge is 0.433 e. The first kappa shape index (κ1) is 43.3. The molecule has 1 saturated carbocycles. The van der Waals surface area contributed by atoms with Crippen molar-refractivity contribution in [2.24, 2.45) is 32.7 Å². The third kappa shape index (κ3) is 15.6. The number of ether oxygens (including phenoxy) is 2. The second kappa shape index (κ2) is 22.1. The molecule has 1 atom stereocenters. The van der Waals surface area contributed by atoms with Crippen LogP contribution < -0.4 is 0 Å². The number of aliphatic imine (C=N–C) groups is 3. The van der Waals surface area contributed by atoms with Gasteiger partial charge in [0.25, 0.3) is 0 Å². The summed E-state index contributed by atoms with van der Waals surface area (Å²) in [4.78, 5) is 13.1. The fourth-order valence-electron chi connectivity index (χ4n) is 4.41. The van der Waals surface area contributed by atoms with E-state index in [-0.39, 0.29) is 23.8 Å². The Morgan fingerprint density at radius 1 is 1.06 bits per heavy atom. The van der Waals surface area contributed by atoms with Gasteiger partial charge in [0.15, 0.2) is 0 Å². The van der Waals surface area contributed by atoms with Crippen molar-refractivity contribution < 1.29 is 27.0 Å². The summed E-state index contributed by atoms with van der Waals surface area (Å²) in [6, 6.07) is 4.30. The van der Waals surface area contributed by atoms with Crippen LogP contribution in [0.1, 0.15) is 111 Å². The van der Waals surface area contributed by atoms with Crippen LogP contribution in [0.5, 0.6) is 0 Å². The highest BCUT2D eigenvalue weighted by atomic mass is 19.4. The van der Waals surface area contributed by atoms with Crippen LogP contribution in [-0.2, 0) is 16.1 Å². The molecule has 0 aliphatic heterocycles. The van der Waals surface area contributed by atoms with Crippen molar-refractivity contribution in [1.82, 2.24) is 0 Å². The van der Waals surface area contributed by atoms with Crippen molar-refractivity contribution in [3.63, 3.8) is 0 Å². The number of alkyl halides is 3. The van der Waals surface area contributed by atoms with Gasteiger partial charge in [0.2, 0.25) is 5.88 Å². The maximum absolute atomic E-state index is 15.2. The highest BCUT2D eigenvalue weighted by molar-refractivity contribution is 6.05. The first-order chi connectivity index (χ1) is 23.1. The number of rotatable bonds is 18. The van der Waals surface area contributed by atoms with Crippen molar-refractivity contribution in [3.8, 4) is 0 Å². The van der Waals surface area contributed by atoms with Crippen molar-refractivity contribution >= 4 is 17.6 Å². The molecule has 1 aromatic carbocycles. The minimum Gasteiger partial charge on any atom is -0.489 e. The van der Waals surface area contributed by atoms with Crippen molar-refractivity contribution in [1.29, 1.82) is 0 Å². The molecular formula is C40H57F4N3O2. The minimum atomic E-state index is -4.63. The van der Waals surface area contributed by atoms with Gasteiger partial charge in [0, 0.05) is 18.0 Å². The molecule has 1 unspecified atom stereocenters. The largest absolute Gasteiger partial charge is 0.489 e. The van der Waals surface area contributed by atoms with Crippen LogP contribution >= 0.6 is 0 Å². The van der Waals surface area contributed by atoms with Crippen molar-refractivity contribution in [2.75, 3.05) is 7.11 Å². The van der Waals surface area contributed by atoms with Crippen LogP contribution in [0.4, 0.5) is 17.6 Å². The highest BCUT2D eigenvalue weighted by Crippen LogP contribution is 2.41. The highest BCUT2D eigenvalue weighted by Gasteiger charge is 2.34. The zero-order valence-corrected chi connectivity index (χ0v) is 31.0. The van der Waals surface area contributed by atoms with E-state index in [1.165, 1.54) is 19.1 Å². The Labute approximate surface area is 292 Å². The molecule has 1 aliphatic rings. The van der Waals surface area contributed by atoms with Gasteiger partial charge in [-0.2, -0.15) is 13.2 Å². The number of hydrogen-bond donors (Lipinski definition) is 0. The average molecular weight is 688 g/mol. The first-order valence-corrected chi connectivity index (χ1v) is 17.3. The maximum Gasteiger partial charge on any atom is 0.433 e. The van der Waals surface area contributed by atoms with E-state index < -0.39 is 17.7 Å². The molecule has 272 valence electrons. The van der Waals surface area contributed by atoms with Gasteiger partial charge in [-0.05, 0) is 86.1 Å². The molecule has 5 nitrogen and oxygen atoms in total.